The van der Waals surface area contributed by atoms with Gasteiger partial charge in [0.15, 0.2) is 0 Å². The van der Waals surface area contributed by atoms with Gasteiger partial charge in [0.25, 0.3) is 0 Å². The minimum atomic E-state index is 0.451. The molecule has 0 aromatic heterocycles. The Bertz CT molecular complexity index is 200. The van der Waals surface area contributed by atoms with Gasteiger partial charge in [-0.2, -0.15) is 0 Å². The van der Waals surface area contributed by atoms with E-state index < -0.39 is 0 Å². The highest BCUT2D eigenvalue weighted by Crippen LogP contribution is 2.32. The average molecular weight is 196 g/mol. The average Bonchev–Trinajstić information content (AvgIpc) is 2.61. The summed E-state index contributed by atoms with van der Waals surface area (Å²) in [5, 5.41) is 0. The Morgan fingerprint density at radius 2 is 2.14 bits per heavy atom. The number of nitrogens with zero attached hydrogens (tertiary/aromatic N) is 1. The third-order valence-corrected chi connectivity index (χ3v) is 4.13. The summed E-state index contributed by atoms with van der Waals surface area (Å²) in [5.74, 6) is 0.877. The summed E-state index contributed by atoms with van der Waals surface area (Å²) in [5.41, 5.74) is 6.40. The van der Waals surface area contributed by atoms with Crippen molar-refractivity contribution in [3.63, 3.8) is 0 Å². The molecule has 2 unspecified atom stereocenters. The summed E-state index contributed by atoms with van der Waals surface area (Å²) >= 11 is 0. The topological polar surface area (TPSA) is 29.3 Å². The van der Waals surface area contributed by atoms with Crippen molar-refractivity contribution in [1.29, 1.82) is 0 Å². The molecule has 2 nitrogen and oxygen atoms in total. The first-order valence-corrected chi connectivity index (χ1v) is 6.08. The molecule has 2 atom stereocenters. The van der Waals surface area contributed by atoms with Gasteiger partial charge in [0.2, 0.25) is 0 Å². The Kier molecular flexibility index (Phi) is 2.85. The third kappa shape index (κ3) is 2.12. The molecule has 1 heterocycles. The van der Waals surface area contributed by atoms with Crippen LogP contribution in [-0.2, 0) is 0 Å². The molecule has 2 fully saturated rings. The maximum atomic E-state index is 5.95. The largest absolute Gasteiger partial charge is 0.328 e. The second-order valence-corrected chi connectivity index (χ2v) is 5.80. The maximum absolute atomic E-state index is 5.95. The molecule has 0 radical (unpaired) electrons. The van der Waals surface area contributed by atoms with Gasteiger partial charge < -0.3 is 5.73 Å². The molecule has 0 amide bonds. The summed E-state index contributed by atoms with van der Waals surface area (Å²) in [7, 11) is 0. The Labute approximate surface area is 87.8 Å². The molecule has 0 spiro atoms. The van der Waals surface area contributed by atoms with Gasteiger partial charge in [-0.15, -0.1) is 0 Å². The molecule has 14 heavy (non-hydrogen) atoms. The minimum absolute atomic E-state index is 0.451. The van der Waals surface area contributed by atoms with Crippen LogP contribution < -0.4 is 5.73 Å². The van der Waals surface area contributed by atoms with Crippen molar-refractivity contribution in [2.24, 2.45) is 11.7 Å². The molecular formula is C12H24N2. The van der Waals surface area contributed by atoms with Gasteiger partial charge >= 0.3 is 0 Å². The minimum Gasteiger partial charge on any atom is -0.328 e. The smallest absolute Gasteiger partial charge is 0.0153 e. The molecule has 0 bridgehead atoms. The fourth-order valence-electron chi connectivity index (χ4n) is 3.09. The van der Waals surface area contributed by atoms with E-state index in [1.165, 1.54) is 45.2 Å². The second-order valence-electron chi connectivity index (χ2n) is 5.80. The molecular weight excluding hydrogens is 172 g/mol. The van der Waals surface area contributed by atoms with E-state index >= 15 is 0 Å². The van der Waals surface area contributed by atoms with Crippen LogP contribution in [0, 0.1) is 5.92 Å². The number of hydrogen-bond donors (Lipinski definition) is 1. The highest BCUT2D eigenvalue weighted by atomic mass is 15.2. The van der Waals surface area contributed by atoms with Crippen LogP contribution in [0.1, 0.15) is 46.0 Å². The fraction of sp³-hybridized carbons (Fsp3) is 1.00. The van der Waals surface area contributed by atoms with Crippen LogP contribution in [-0.4, -0.2) is 29.6 Å². The monoisotopic (exact) mass is 196 g/mol. The van der Waals surface area contributed by atoms with Crippen molar-refractivity contribution < 1.29 is 0 Å². The van der Waals surface area contributed by atoms with E-state index in [1.54, 1.807) is 0 Å². The molecule has 2 N–H and O–H groups in total. The lowest BCUT2D eigenvalue weighted by Crippen LogP contribution is -2.41. The van der Waals surface area contributed by atoms with Crippen molar-refractivity contribution in [1.82, 2.24) is 4.90 Å². The molecule has 2 rings (SSSR count). The number of hydrogen-bond acceptors (Lipinski definition) is 2. The zero-order chi connectivity index (χ0) is 10.2. The number of likely N-dealkylation sites (tertiary alicyclic amines) is 1. The zero-order valence-corrected chi connectivity index (χ0v) is 9.63. The quantitative estimate of drug-likeness (QED) is 0.732. The first kappa shape index (κ1) is 10.4. The Morgan fingerprint density at radius 1 is 1.36 bits per heavy atom. The molecule has 1 saturated carbocycles. The summed E-state index contributed by atoms with van der Waals surface area (Å²) < 4.78 is 0. The summed E-state index contributed by atoms with van der Waals surface area (Å²) in [6, 6.07) is 0.491. The zero-order valence-electron chi connectivity index (χ0n) is 9.63. The normalized spacial score (nSPS) is 37.9. The van der Waals surface area contributed by atoms with Gasteiger partial charge in [0.05, 0.1) is 0 Å². The number of rotatable bonds is 2. The van der Waals surface area contributed by atoms with Gasteiger partial charge in [0.1, 0.15) is 0 Å². The lowest BCUT2D eigenvalue weighted by Gasteiger charge is -2.33. The molecule has 0 aromatic rings. The lowest BCUT2D eigenvalue weighted by molar-refractivity contribution is 0.148. The molecule has 1 aliphatic carbocycles. The third-order valence-electron chi connectivity index (χ3n) is 4.13. The van der Waals surface area contributed by atoms with E-state index in [2.05, 4.69) is 18.7 Å². The van der Waals surface area contributed by atoms with Gasteiger partial charge in [-0.25, -0.2) is 0 Å². The predicted octanol–water partition coefficient (Wildman–Crippen LogP) is 1.99. The lowest BCUT2D eigenvalue weighted by atomic mass is 10.00. The Hall–Kier alpha value is -0.0800. The van der Waals surface area contributed by atoms with Crippen molar-refractivity contribution in [3.05, 3.63) is 0 Å². The van der Waals surface area contributed by atoms with Crippen LogP contribution in [0.3, 0.4) is 0 Å². The van der Waals surface area contributed by atoms with Crippen molar-refractivity contribution in [3.8, 4) is 0 Å². The molecule has 2 aliphatic rings. The summed E-state index contributed by atoms with van der Waals surface area (Å²) in [6.45, 7) is 7.36. The highest BCUT2D eigenvalue weighted by molar-refractivity contribution is 4.90. The Morgan fingerprint density at radius 3 is 2.64 bits per heavy atom. The van der Waals surface area contributed by atoms with Crippen molar-refractivity contribution >= 4 is 0 Å². The second kappa shape index (κ2) is 3.82. The van der Waals surface area contributed by atoms with E-state index in [4.69, 9.17) is 5.73 Å². The fourth-order valence-corrected chi connectivity index (χ4v) is 3.09. The molecule has 1 aliphatic heterocycles. The van der Waals surface area contributed by atoms with Crippen LogP contribution >= 0.6 is 0 Å². The van der Waals surface area contributed by atoms with Gasteiger partial charge in [0, 0.05) is 18.1 Å². The van der Waals surface area contributed by atoms with Crippen LogP contribution in [0.25, 0.3) is 0 Å². The number of nitrogens with two attached hydrogens (primary N) is 1. The maximum Gasteiger partial charge on any atom is 0.0153 e. The Balaban J connectivity index is 1.85. The van der Waals surface area contributed by atoms with Gasteiger partial charge in [-0.1, -0.05) is 0 Å². The van der Waals surface area contributed by atoms with Crippen LogP contribution in [0.15, 0.2) is 0 Å². The molecule has 82 valence electrons. The van der Waals surface area contributed by atoms with Gasteiger partial charge in [-0.05, 0) is 58.4 Å². The van der Waals surface area contributed by atoms with E-state index in [0.717, 1.165) is 5.92 Å². The first-order chi connectivity index (χ1) is 6.58. The molecule has 1 saturated heterocycles. The van der Waals surface area contributed by atoms with E-state index in [-0.39, 0.29) is 0 Å². The van der Waals surface area contributed by atoms with E-state index in [1.807, 2.05) is 0 Å². The van der Waals surface area contributed by atoms with Gasteiger partial charge in [-0.3, -0.25) is 4.90 Å². The van der Waals surface area contributed by atoms with Crippen LogP contribution in [0.5, 0.6) is 0 Å². The predicted molar refractivity (Wildman–Crippen MR) is 60.2 cm³/mol. The molecule has 2 heteroatoms. The van der Waals surface area contributed by atoms with E-state index in [9.17, 15) is 0 Å². The standard InChI is InChI=1S/C12H24N2/c1-12(2)6-3-7-14(12)9-10-4-5-11(13)8-10/h10-11H,3-9,13H2,1-2H3. The highest BCUT2D eigenvalue weighted by Gasteiger charge is 2.34. The van der Waals surface area contributed by atoms with E-state index in [0.29, 0.717) is 11.6 Å². The van der Waals surface area contributed by atoms with Crippen molar-refractivity contribution in [2.45, 2.75) is 57.5 Å². The first-order valence-electron chi connectivity index (χ1n) is 6.08. The summed E-state index contributed by atoms with van der Waals surface area (Å²) in [4.78, 5) is 2.68. The SMILES string of the molecule is CC1(C)CCCN1CC1CCC(N)C1. The van der Waals surface area contributed by atoms with Crippen LogP contribution in [0.2, 0.25) is 0 Å². The summed E-state index contributed by atoms with van der Waals surface area (Å²) in [6.07, 6.45) is 6.61. The molecule has 0 aromatic carbocycles. The van der Waals surface area contributed by atoms with Crippen molar-refractivity contribution in [2.75, 3.05) is 13.1 Å². The van der Waals surface area contributed by atoms with Crippen LogP contribution in [0.4, 0.5) is 0 Å².